The Morgan fingerprint density at radius 2 is 2.28 bits per heavy atom. The van der Waals surface area contributed by atoms with Gasteiger partial charge in [-0.1, -0.05) is 6.07 Å². The van der Waals surface area contributed by atoms with Gasteiger partial charge in [0.25, 0.3) is 0 Å². The summed E-state index contributed by atoms with van der Waals surface area (Å²) in [4.78, 5) is 19.2. The first-order chi connectivity index (χ1) is 12.3. The van der Waals surface area contributed by atoms with E-state index in [1.54, 1.807) is 24.9 Å². The molecule has 2 fully saturated rings. The summed E-state index contributed by atoms with van der Waals surface area (Å²) in [5, 5.41) is 3.08. The van der Waals surface area contributed by atoms with E-state index >= 15 is 0 Å². The number of nitrogens with zero attached hydrogens (tertiary/aromatic N) is 2. The van der Waals surface area contributed by atoms with E-state index in [1.165, 1.54) is 0 Å². The van der Waals surface area contributed by atoms with Crippen LogP contribution in [0, 0.1) is 11.8 Å². The number of fused-ring (bicyclic) bond motifs is 1. The van der Waals surface area contributed by atoms with Gasteiger partial charge in [0.2, 0.25) is 5.91 Å². The molecule has 2 aliphatic rings. The number of amides is 1. The normalized spacial score (nSPS) is 26.3. The molecule has 0 aromatic carbocycles. The first-order valence-electron chi connectivity index (χ1n) is 8.81. The SMILES string of the molecule is O=C(NCc1cccnc1)[C@H]1CN(Cc2ccoc2)C[C@H]2OCC[C@@H]12. The third kappa shape index (κ3) is 3.75. The highest BCUT2D eigenvalue weighted by atomic mass is 16.5. The van der Waals surface area contributed by atoms with Crippen LogP contribution in [0.4, 0.5) is 0 Å². The van der Waals surface area contributed by atoms with E-state index in [2.05, 4.69) is 15.2 Å². The summed E-state index contributed by atoms with van der Waals surface area (Å²) in [6, 6.07) is 5.83. The molecule has 2 aliphatic heterocycles. The lowest BCUT2D eigenvalue weighted by molar-refractivity contribution is -0.131. The van der Waals surface area contributed by atoms with Gasteiger partial charge in [0.15, 0.2) is 0 Å². The van der Waals surface area contributed by atoms with Gasteiger partial charge in [-0.2, -0.15) is 0 Å². The number of piperidine rings is 1. The van der Waals surface area contributed by atoms with Crippen molar-refractivity contribution in [3.05, 3.63) is 54.2 Å². The number of pyridine rings is 1. The second kappa shape index (κ2) is 7.37. The van der Waals surface area contributed by atoms with Crippen LogP contribution >= 0.6 is 0 Å². The van der Waals surface area contributed by atoms with Crippen molar-refractivity contribution in [1.82, 2.24) is 15.2 Å². The number of nitrogens with one attached hydrogen (secondary N) is 1. The van der Waals surface area contributed by atoms with E-state index in [9.17, 15) is 4.79 Å². The molecule has 0 unspecified atom stereocenters. The quantitative estimate of drug-likeness (QED) is 0.899. The molecule has 0 spiro atoms. The van der Waals surface area contributed by atoms with Gasteiger partial charge < -0.3 is 14.5 Å². The van der Waals surface area contributed by atoms with Crippen LogP contribution in [0.3, 0.4) is 0 Å². The van der Waals surface area contributed by atoms with Gasteiger partial charge >= 0.3 is 0 Å². The lowest BCUT2D eigenvalue weighted by atomic mass is 9.82. The fourth-order valence-corrected chi connectivity index (χ4v) is 3.93. The highest BCUT2D eigenvalue weighted by molar-refractivity contribution is 5.79. The molecule has 1 amide bonds. The zero-order chi connectivity index (χ0) is 17.1. The molecule has 0 radical (unpaired) electrons. The van der Waals surface area contributed by atoms with Crippen molar-refractivity contribution in [2.75, 3.05) is 19.7 Å². The van der Waals surface area contributed by atoms with Crippen molar-refractivity contribution in [1.29, 1.82) is 0 Å². The maximum Gasteiger partial charge on any atom is 0.225 e. The maximum atomic E-state index is 12.8. The molecule has 2 aromatic rings. The smallest absolute Gasteiger partial charge is 0.225 e. The number of rotatable bonds is 5. The second-order valence-corrected chi connectivity index (χ2v) is 6.87. The summed E-state index contributed by atoms with van der Waals surface area (Å²) in [6.45, 7) is 3.69. The van der Waals surface area contributed by atoms with Gasteiger partial charge in [-0.25, -0.2) is 0 Å². The minimum Gasteiger partial charge on any atom is -0.472 e. The van der Waals surface area contributed by atoms with Crippen LogP contribution in [-0.2, 0) is 22.6 Å². The topological polar surface area (TPSA) is 67.6 Å². The monoisotopic (exact) mass is 341 g/mol. The standard InChI is InChI=1S/C19H23N3O3/c23-19(21-9-14-2-1-5-20-8-14)17-11-22(10-15-3-6-24-13-15)12-18-16(17)4-7-25-18/h1-3,5-6,8,13,16-18H,4,7,9-12H2,(H,21,23)/t16-,17-,18+/m0/s1. The molecule has 132 valence electrons. The van der Waals surface area contributed by atoms with Crippen LogP contribution < -0.4 is 5.32 Å². The van der Waals surface area contributed by atoms with E-state index in [1.807, 2.05) is 18.2 Å². The molecule has 6 heteroatoms. The molecular weight excluding hydrogens is 318 g/mol. The Morgan fingerprint density at radius 1 is 1.32 bits per heavy atom. The van der Waals surface area contributed by atoms with Gasteiger partial charge in [0.1, 0.15) is 0 Å². The predicted molar refractivity (Wildman–Crippen MR) is 91.4 cm³/mol. The fraction of sp³-hybridized carbons (Fsp3) is 0.474. The van der Waals surface area contributed by atoms with Gasteiger partial charge in [-0.15, -0.1) is 0 Å². The van der Waals surface area contributed by atoms with Gasteiger partial charge in [0, 0.05) is 56.7 Å². The van der Waals surface area contributed by atoms with Crippen molar-refractivity contribution in [3.8, 4) is 0 Å². The predicted octanol–water partition coefficient (Wildman–Crippen LogP) is 1.83. The molecule has 2 aromatic heterocycles. The average Bonchev–Trinajstić information content (AvgIpc) is 3.31. The summed E-state index contributed by atoms with van der Waals surface area (Å²) >= 11 is 0. The third-order valence-corrected chi connectivity index (χ3v) is 5.18. The van der Waals surface area contributed by atoms with Crippen LogP contribution in [0.2, 0.25) is 0 Å². The van der Waals surface area contributed by atoms with Crippen LogP contribution in [-0.4, -0.2) is 41.6 Å². The molecule has 25 heavy (non-hydrogen) atoms. The van der Waals surface area contributed by atoms with Gasteiger partial charge in [-0.05, 0) is 24.1 Å². The minimum atomic E-state index is -0.0372. The van der Waals surface area contributed by atoms with E-state index in [0.717, 1.165) is 43.8 Å². The van der Waals surface area contributed by atoms with E-state index in [0.29, 0.717) is 12.5 Å². The summed E-state index contributed by atoms with van der Waals surface area (Å²) in [5.41, 5.74) is 2.15. The Kier molecular flexibility index (Phi) is 4.81. The first-order valence-corrected chi connectivity index (χ1v) is 8.81. The molecule has 0 aliphatic carbocycles. The number of aromatic nitrogens is 1. The summed E-state index contributed by atoms with van der Waals surface area (Å²) < 4.78 is 11.1. The van der Waals surface area contributed by atoms with Crippen molar-refractivity contribution in [3.63, 3.8) is 0 Å². The number of furan rings is 1. The zero-order valence-electron chi connectivity index (χ0n) is 14.1. The number of hydrogen-bond donors (Lipinski definition) is 1. The van der Waals surface area contributed by atoms with E-state index in [4.69, 9.17) is 9.15 Å². The lowest BCUT2D eigenvalue weighted by Gasteiger charge is -2.39. The summed E-state index contributed by atoms with van der Waals surface area (Å²) in [6.07, 6.45) is 8.09. The molecule has 1 N–H and O–H groups in total. The fourth-order valence-electron chi connectivity index (χ4n) is 3.93. The van der Waals surface area contributed by atoms with Gasteiger partial charge in [-0.3, -0.25) is 14.7 Å². The van der Waals surface area contributed by atoms with Crippen molar-refractivity contribution < 1.29 is 13.9 Å². The lowest BCUT2D eigenvalue weighted by Crippen LogP contribution is -2.52. The van der Waals surface area contributed by atoms with Crippen molar-refractivity contribution in [2.45, 2.75) is 25.6 Å². The molecule has 3 atom stereocenters. The maximum absolute atomic E-state index is 12.8. The Bertz CT molecular complexity index is 689. The zero-order valence-corrected chi connectivity index (χ0v) is 14.1. The molecular formula is C19H23N3O3. The largest absolute Gasteiger partial charge is 0.472 e. The first kappa shape index (κ1) is 16.3. The second-order valence-electron chi connectivity index (χ2n) is 6.87. The molecule has 4 rings (SSSR count). The third-order valence-electron chi connectivity index (χ3n) is 5.18. The van der Waals surface area contributed by atoms with Crippen molar-refractivity contribution >= 4 is 5.91 Å². The Hall–Kier alpha value is -2.18. The molecule has 6 nitrogen and oxygen atoms in total. The van der Waals surface area contributed by atoms with Crippen LogP contribution in [0.15, 0.2) is 47.5 Å². The highest BCUT2D eigenvalue weighted by Crippen LogP contribution is 2.34. The van der Waals surface area contributed by atoms with Crippen LogP contribution in [0.1, 0.15) is 17.5 Å². The molecule has 0 saturated carbocycles. The highest BCUT2D eigenvalue weighted by Gasteiger charge is 2.43. The minimum absolute atomic E-state index is 0.0372. The number of carbonyl (C=O) groups excluding carboxylic acids is 1. The van der Waals surface area contributed by atoms with E-state index < -0.39 is 0 Å². The average molecular weight is 341 g/mol. The summed E-state index contributed by atoms with van der Waals surface area (Å²) in [7, 11) is 0. The van der Waals surface area contributed by atoms with Gasteiger partial charge in [0.05, 0.1) is 24.5 Å². The van der Waals surface area contributed by atoms with Crippen LogP contribution in [0.25, 0.3) is 0 Å². The molecule has 4 heterocycles. The van der Waals surface area contributed by atoms with E-state index in [-0.39, 0.29) is 17.9 Å². The molecule has 0 bridgehead atoms. The van der Waals surface area contributed by atoms with Crippen molar-refractivity contribution in [2.24, 2.45) is 11.8 Å². The number of likely N-dealkylation sites (tertiary alicyclic amines) is 1. The Labute approximate surface area is 147 Å². The number of hydrogen-bond acceptors (Lipinski definition) is 5. The number of ether oxygens (including phenoxy) is 1. The number of carbonyl (C=O) groups is 1. The van der Waals surface area contributed by atoms with Crippen LogP contribution in [0.5, 0.6) is 0 Å². The molecule has 2 saturated heterocycles. The summed E-state index contributed by atoms with van der Waals surface area (Å²) in [5.74, 6) is 0.389. The Balaban J connectivity index is 1.41. The Morgan fingerprint density at radius 3 is 3.08 bits per heavy atom.